The Morgan fingerprint density at radius 1 is 1.18 bits per heavy atom. The first-order valence-corrected chi connectivity index (χ1v) is 14.6. The van der Waals surface area contributed by atoms with Gasteiger partial charge in [-0.3, -0.25) is 9.78 Å². The number of ether oxygens (including phenoxy) is 2. The van der Waals surface area contributed by atoms with E-state index >= 15 is 0 Å². The maximum Gasteiger partial charge on any atom is 0.251 e. The number of benzene rings is 2. The van der Waals surface area contributed by atoms with Gasteiger partial charge < -0.3 is 19.7 Å². The molecule has 2 aromatic carbocycles. The summed E-state index contributed by atoms with van der Waals surface area (Å²) in [6.07, 6.45) is 3.36. The number of nitrogens with zero attached hydrogens (tertiary/aromatic N) is 3. The standard InChI is InChI=1S/C29H27FN4O5S/c1-38-26-13-21(30)12-25-23(26)3-2-8-34(25)28-7-6-19-15-31-22(14-24(19)33-28)16-32-29(35)18-4-5-20-17-39-9-10-40(36,37)27(20)11-18/h4-7,11-15H,2-3,8-10,16-17H2,1H3,(H,32,35). The average molecular weight is 563 g/mol. The van der Waals surface area contributed by atoms with Gasteiger partial charge in [0.2, 0.25) is 0 Å². The molecule has 2 aliphatic heterocycles. The summed E-state index contributed by atoms with van der Waals surface area (Å²) in [4.78, 5) is 24.3. The number of amides is 1. The smallest absolute Gasteiger partial charge is 0.251 e. The summed E-state index contributed by atoms with van der Waals surface area (Å²) in [7, 11) is -1.98. The maximum atomic E-state index is 14.3. The van der Waals surface area contributed by atoms with Gasteiger partial charge in [-0.15, -0.1) is 0 Å². The van der Waals surface area contributed by atoms with E-state index in [1.165, 1.54) is 18.2 Å². The summed E-state index contributed by atoms with van der Waals surface area (Å²) in [5.41, 5.74) is 3.76. The molecule has 2 aliphatic rings. The molecule has 6 rings (SSSR count). The van der Waals surface area contributed by atoms with E-state index in [9.17, 15) is 17.6 Å². The van der Waals surface area contributed by atoms with Crippen LogP contribution in [0.15, 0.2) is 59.6 Å². The Kier molecular flexibility index (Phi) is 6.85. The van der Waals surface area contributed by atoms with Crippen molar-refractivity contribution in [1.82, 2.24) is 15.3 Å². The molecular formula is C29H27FN4O5S. The fourth-order valence-electron chi connectivity index (χ4n) is 5.18. The number of nitrogens with one attached hydrogen (secondary N) is 1. The Morgan fingerprint density at radius 2 is 2.05 bits per heavy atom. The van der Waals surface area contributed by atoms with Crippen molar-refractivity contribution in [3.8, 4) is 5.75 Å². The summed E-state index contributed by atoms with van der Waals surface area (Å²) >= 11 is 0. The van der Waals surface area contributed by atoms with Crippen LogP contribution in [-0.4, -0.2) is 50.3 Å². The zero-order chi connectivity index (χ0) is 27.9. The van der Waals surface area contributed by atoms with Crippen LogP contribution in [0.2, 0.25) is 0 Å². The fourth-order valence-corrected chi connectivity index (χ4v) is 6.57. The number of sulfone groups is 1. The summed E-state index contributed by atoms with van der Waals surface area (Å²) in [5.74, 6) is 0.311. The molecule has 2 aromatic heterocycles. The highest BCUT2D eigenvalue weighted by atomic mass is 32.2. The number of fused-ring (bicyclic) bond motifs is 3. The molecule has 40 heavy (non-hydrogen) atoms. The Bertz CT molecular complexity index is 1740. The first-order chi connectivity index (χ1) is 19.3. The molecule has 4 aromatic rings. The Hall–Kier alpha value is -4.09. The van der Waals surface area contributed by atoms with Crippen molar-refractivity contribution in [3.05, 3.63) is 82.9 Å². The van der Waals surface area contributed by atoms with Crippen LogP contribution in [0.5, 0.6) is 5.75 Å². The minimum atomic E-state index is -3.52. The quantitative estimate of drug-likeness (QED) is 0.387. The summed E-state index contributed by atoms with van der Waals surface area (Å²) in [6, 6.07) is 13.1. The molecule has 4 heterocycles. The molecule has 0 spiro atoms. The highest BCUT2D eigenvalue weighted by Crippen LogP contribution is 2.39. The highest BCUT2D eigenvalue weighted by molar-refractivity contribution is 7.91. The zero-order valence-corrected chi connectivity index (χ0v) is 22.6. The number of pyridine rings is 2. The fraction of sp³-hybridized carbons (Fsp3) is 0.276. The molecule has 0 bridgehead atoms. The van der Waals surface area contributed by atoms with Crippen molar-refractivity contribution in [2.75, 3.05) is 30.9 Å². The van der Waals surface area contributed by atoms with Crippen LogP contribution in [0.3, 0.4) is 0 Å². The van der Waals surface area contributed by atoms with Crippen molar-refractivity contribution >= 4 is 38.2 Å². The molecule has 1 amide bonds. The normalized spacial score (nSPS) is 16.1. The number of hydrogen-bond acceptors (Lipinski definition) is 8. The third-order valence-electron chi connectivity index (χ3n) is 7.21. The van der Waals surface area contributed by atoms with Gasteiger partial charge in [0.25, 0.3) is 5.91 Å². The van der Waals surface area contributed by atoms with E-state index in [1.807, 2.05) is 17.0 Å². The van der Waals surface area contributed by atoms with Gasteiger partial charge in [-0.1, -0.05) is 6.07 Å². The number of aromatic nitrogens is 2. The molecule has 1 N–H and O–H groups in total. The van der Waals surface area contributed by atoms with E-state index in [4.69, 9.17) is 14.5 Å². The lowest BCUT2D eigenvalue weighted by molar-refractivity contribution is 0.0950. The van der Waals surface area contributed by atoms with Crippen molar-refractivity contribution in [2.45, 2.75) is 30.9 Å². The molecule has 206 valence electrons. The second kappa shape index (κ2) is 10.5. The monoisotopic (exact) mass is 562 g/mol. The van der Waals surface area contributed by atoms with Crippen molar-refractivity contribution < 1.29 is 27.1 Å². The lowest BCUT2D eigenvalue weighted by Crippen LogP contribution is -2.26. The lowest BCUT2D eigenvalue weighted by atomic mass is 10.00. The number of carbonyl (C=O) groups is 1. The van der Waals surface area contributed by atoms with Crippen molar-refractivity contribution in [3.63, 3.8) is 0 Å². The molecular weight excluding hydrogens is 535 g/mol. The Balaban J connectivity index is 1.23. The van der Waals surface area contributed by atoms with Gasteiger partial charge in [-0.05, 0) is 54.8 Å². The van der Waals surface area contributed by atoms with Gasteiger partial charge in [0.15, 0.2) is 9.84 Å². The summed E-state index contributed by atoms with van der Waals surface area (Å²) in [6.45, 7) is 1.13. The molecule has 0 unspecified atom stereocenters. The Labute approximate surface area is 230 Å². The van der Waals surface area contributed by atoms with Gasteiger partial charge in [0.1, 0.15) is 17.4 Å². The summed E-state index contributed by atoms with van der Waals surface area (Å²) < 4.78 is 50.3. The number of hydrogen-bond donors (Lipinski definition) is 1. The predicted molar refractivity (Wildman–Crippen MR) is 147 cm³/mol. The molecule has 0 saturated heterocycles. The Morgan fingerprint density at radius 3 is 2.90 bits per heavy atom. The highest BCUT2D eigenvalue weighted by Gasteiger charge is 2.25. The van der Waals surface area contributed by atoms with Crippen LogP contribution in [-0.2, 0) is 34.1 Å². The van der Waals surface area contributed by atoms with Crippen LogP contribution >= 0.6 is 0 Å². The van der Waals surface area contributed by atoms with Gasteiger partial charge in [0.05, 0.1) is 54.4 Å². The van der Waals surface area contributed by atoms with E-state index in [2.05, 4.69) is 10.3 Å². The van der Waals surface area contributed by atoms with Crippen molar-refractivity contribution in [2.24, 2.45) is 0 Å². The minimum absolute atomic E-state index is 0.118. The van der Waals surface area contributed by atoms with Crippen LogP contribution in [0, 0.1) is 5.82 Å². The number of carbonyl (C=O) groups excluding carboxylic acids is 1. The molecule has 0 saturated carbocycles. The second-order valence-electron chi connectivity index (χ2n) is 9.78. The summed E-state index contributed by atoms with van der Waals surface area (Å²) in [5, 5.41) is 3.64. The largest absolute Gasteiger partial charge is 0.496 e. The van der Waals surface area contributed by atoms with Gasteiger partial charge in [-0.2, -0.15) is 0 Å². The molecule has 9 nitrogen and oxygen atoms in total. The predicted octanol–water partition coefficient (Wildman–Crippen LogP) is 4.10. The molecule has 0 fully saturated rings. The van der Waals surface area contributed by atoms with E-state index < -0.39 is 15.7 Å². The first-order valence-electron chi connectivity index (χ1n) is 12.9. The number of anilines is 2. The third kappa shape index (κ3) is 4.98. The number of methoxy groups -OCH3 is 1. The van der Waals surface area contributed by atoms with Crippen LogP contribution in [0.25, 0.3) is 10.9 Å². The van der Waals surface area contributed by atoms with Gasteiger partial charge in [-0.25, -0.2) is 17.8 Å². The molecule has 0 aliphatic carbocycles. The SMILES string of the molecule is COc1cc(F)cc2c1CCCN2c1ccc2cnc(CNC(=O)c3ccc4c(c3)S(=O)(=O)CCOC4)cc2n1. The van der Waals surface area contributed by atoms with E-state index in [0.29, 0.717) is 34.9 Å². The van der Waals surface area contributed by atoms with Crippen LogP contribution in [0.4, 0.5) is 15.9 Å². The number of rotatable bonds is 5. The maximum absolute atomic E-state index is 14.3. The van der Waals surface area contributed by atoms with Crippen molar-refractivity contribution in [1.29, 1.82) is 0 Å². The lowest BCUT2D eigenvalue weighted by Gasteiger charge is -2.31. The van der Waals surface area contributed by atoms with Crippen LogP contribution < -0.4 is 15.0 Å². The molecule has 0 radical (unpaired) electrons. The molecule has 0 atom stereocenters. The van der Waals surface area contributed by atoms with E-state index in [1.54, 1.807) is 31.5 Å². The zero-order valence-electron chi connectivity index (χ0n) is 21.8. The number of halogens is 1. The topological polar surface area (TPSA) is 111 Å². The van der Waals surface area contributed by atoms with Gasteiger partial charge in [0, 0.05) is 35.3 Å². The average Bonchev–Trinajstić information content (AvgIpc) is 3.11. The van der Waals surface area contributed by atoms with Gasteiger partial charge >= 0.3 is 0 Å². The van der Waals surface area contributed by atoms with E-state index in [-0.39, 0.29) is 41.8 Å². The third-order valence-corrected chi connectivity index (χ3v) is 8.96. The molecule has 11 heteroatoms. The van der Waals surface area contributed by atoms with E-state index in [0.717, 1.165) is 29.5 Å². The minimum Gasteiger partial charge on any atom is -0.496 e. The first kappa shape index (κ1) is 26.1. The van der Waals surface area contributed by atoms with Crippen LogP contribution in [0.1, 0.15) is 33.6 Å². The second-order valence-corrected chi connectivity index (χ2v) is 11.9.